The fraction of sp³-hybridized carbons (Fsp3) is 0.417. The summed E-state index contributed by atoms with van der Waals surface area (Å²) in [4.78, 5) is 27.1. The number of benzene rings is 2. The summed E-state index contributed by atoms with van der Waals surface area (Å²) in [7, 11) is 1.63. The molecule has 0 spiro atoms. The van der Waals surface area contributed by atoms with Gasteiger partial charge in [-0.05, 0) is 42.4 Å². The Bertz CT molecular complexity index is 741. The number of nitrogens with one attached hydrogen (secondary N) is 1. The number of likely N-dealkylation sites (N-methyl/N-ethyl adjacent to an activating group) is 1. The van der Waals surface area contributed by atoms with E-state index in [-0.39, 0.29) is 11.8 Å². The summed E-state index contributed by atoms with van der Waals surface area (Å²) in [6, 6.07) is 18.1. The van der Waals surface area contributed by atoms with Crippen molar-refractivity contribution in [2.24, 2.45) is 0 Å². The highest BCUT2D eigenvalue weighted by Crippen LogP contribution is 2.13. The van der Waals surface area contributed by atoms with Gasteiger partial charge in [-0.25, -0.2) is 0 Å². The molecule has 0 heterocycles. The summed E-state index contributed by atoms with van der Waals surface area (Å²) >= 11 is 0. The average Bonchev–Trinajstić information content (AvgIpc) is 2.75. The summed E-state index contributed by atoms with van der Waals surface area (Å²) in [6.45, 7) is 4.63. The standard InChI is InChI=1S/C24H32N2O2/c1-4-19-11-13-21(14-12-19)15-16-23(27)26(22(5-2)24(28)25-3)18-17-20-9-7-6-8-10-20/h6-14,22H,4-5,15-18H2,1-3H3,(H,25,28)/t22-/m0/s1. The quantitative estimate of drug-likeness (QED) is 0.682. The third kappa shape index (κ3) is 6.22. The Kier molecular flexibility index (Phi) is 8.73. The van der Waals surface area contributed by atoms with Gasteiger partial charge in [0.15, 0.2) is 0 Å². The molecule has 0 aliphatic heterocycles. The molecule has 0 aromatic heterocycles. The smallest absolute Gasteiger partial charge is 0.242 e. The molecule has 0 fully saturated rings. The number of hydrogen-bond acceptors (Lipinski definition) is 2. The maximum atomic E-state index is 13.0. The van der Waals surface area contributed by atoms with Crippen LogP contribution in [0.25, 0.3) is 0 Å². The Labute approximate surface area is 169 Å². The number of rotatable bonds is 10. The number of carbonyl (C=O) groups is 2. The van der Waals surface area contributed by atoms with Crippen LogP contribution >= 0.6 is 0 Å². The lowest BCUT2D eigenvalue weighted by Crippen LogP contribution is -2.49. The molecule has 0 radical (unpaired) electrons. The van der Waals surface area contributed by atoms with Crippen molar-refractivity contribution in [2.75, 3.05) is 13.6 Å². The van der Waals surface area contributed by atoms with Crippen molar-refractivity contribution < 1.29 is 9.59 Å². The minimum atomic E-state index is -0.427. The summed E-state index contributed by atoms with van der Waals surface area (Å²) < 4.78 is 0. The van der Waals surface area contributed by atoms with Crippen LogP contribution < -0.4 is 5.32 Å². The second kappa shape index (κ2) is 11.3. The molecule has 28 heavy (non-hydrogen) atoms. The normalized spacial score (nSPS) is 11.7. The van der Waals surface area contributed by atoms with Crippen LogP contribution in [0.4, 0.5) is 0 Å². The van der Waals surface area contributed by atoms with Gasteiger partial charge in [-0.3, -0.25) is 9.59 Å². The van der Waals surface area contributed by atoms with Gasteiger partial charge in [0, 0.05) is 20.0 Å². The third-order valence-corrected chi connectivity index (χ3v) is 5.18. The minimum Gasteiger partial charge on any atom is -0.357 e. The average molecular weight is 381 g/mol. The molecule has 4 nitrogen and oxygen atoms in total. The van der Waals surface area contributed by atoms with Crippen LogP contribution in [-0.2, 0) is 28.9 Å². The topological polar surface area (TPSA) is 49.4 Å². The highest BCUT2D eigenvalue weighted by atomic mass is 16.2. The lowest BCUT2D eigenvalue weighted by atomic mass is 10.0. The molecule has 0 saturated heterocycles. The summed E-state index contributed by atoms with van der Waals surface area (Å²) in [6.07, 6.45) is 3.45. The Balaban J connectivity index is 2.06. The second-order valence-corrected chi connectivity index (χ2v) is 7.03. The highest BCUT2D eigenvalue weighted by molar-refractivity contribution is 5.87. The molecule has 0 saturated carbocycles. The highest BCUT2D eigenvalue weighted by Gasteiger charge is 2.27. The number of nitrogens with zero attached hydrogens (tertiary/aromatic N) is 1. The van der Waals surface area contributed by atoms with Crippen LogP contribution in [0.1, 0.15) is 43.4 Å². The molecular formula is C24H32N2O2. The predicted octanol–water partition coefficient (Wildman–Crippen LogP) is 3.78. The van der Waals surface area contributed by atoms with Crippen molar-refractivity contribution in [3.8, 4) is 0 Å². The van der Waals surface area contributed by atoms with E-state index in [1.165, 1.54) is 11.1 Å². The fourth-order valence-electron chi connectivity index (χ4n) is 3.40. The Morgan fingerprint density at radius 2 is 1.50 bits per heavy atom. The van der Waals surface area contributed by atoms with Crippen molar-refractivity contribution in [3.05, 3.63) is 71.3 Å². The van der Waals surface area contributed by atoms with Crippen LogP contribution in [-0.4, -0.2) is 36.3 Å². The molecular weight excluding hydrogens is 348 g/mol. The molecule has 2 aromatic carbocycles. The van der Waals surface area contributed by atoms with E-state index in [1.807, 2.05) is 25.1 Å². The van der Waals surface area contributed by atoms with Gasteiger partial charge in [0.2, 0.25) is 11.8 Å². The van der Waals surface area contributed by atoms with Gasteiger partial charge in [-0.15, -0.1) is 0 Å². The zero-order valence-corrected chi connectivity index (χ0v) is 17.3. The first-order valence-corrected chi connectivity index (χ1v) is 10.2. The zero-order valence-electron chi connectivity index (χ0n) is 17.3. The van der Waals surface area contributed by atoms with E-state index >= 15 is 0 Å². The van der Waals surface area contributed by atoms with E-state index in [2.05, 4.69) is 48.6 Å². The van der Waals surface area contributed by atoms with E-state index in [4.69, 9.17) is 0 Å². The van der Waals surface area contributed by atoms with Gasteiger partial charge >= 0.3 is 0 Å². The number of aryl methyl sites for hydroxylation is 2. The molecule has 1 N–H and O–H groups in total. The van der Waals surface area contributed by atoms with E-state index in [0.717, 1.165) is 18.4 Å². The van der Waals surface area contributed by atoms with Crippen molar-refractivity contribution >= 4 is 11.8 Å². The van der Waals surface area contributed by atoms with Gasteiger partial charge in [0.05, 0.1) is 0 Å². The van der Waals surface area contributed by atoms with Gasteiger partial charge in [0.25, 0.3) is 0 Å². The maximum Gasteiger partial charge on any atom is 0.242 e. The molecule has 0 aliphatic carbocycles. The Morgan fingerprint density at radius 3 is 2.07 bits per heavy atom. The molecule has 2 rings (SSSR count). The Morgan fingerprint density at radius 1 is 0.893 bits per heavy atom. The molecule has 1 atom stereocenters. The van der Waals surface area contributed by atoms with Crippen LogP contribution in [0, 0.1) is 0 Å². The summed E-state index contributed by atoms with van der Waals surface area (Å²) in [5.41, 5.74) is 3.62. The largest absolute Gasteiger partial charge is 0.357 e. The molecule has 0 bridgehead atoms. The van der Waals surface area contributed by atoms with Crippen LogP contribution in [0.3, 0.4) is 0 Å². The monoisotopic (exact) mass is 380 g/mol. The van der Waals surface area contributed by atoms with Crippen LogP contribution in [0.2, 0.25) is 0 Å². The summed E-state index contributed by atoms with van der Waals surface area (Å²) in [5, 5.41) is 2.70. The predicted molar refractivity (Wildman–Crippen MR) is 114 cm³/mol. The molecule has 150 valence electrons. The second-order valence-electron chi connectivity index (χ2n) is 7.03. The molecule has 0 unspecified atom stereocenters. The fourth-order valence-corrected chi connectivity index (χ4v) is 3.40. The SMILES string of the molecule is CCc1ccc(CCC(=O)N(CCc2ccccc2)[C@@H](CC)C(=O)NC)cc1. The first-order chi connectivity index (χ1) is 13.6. The lowest BCUT2D eigenvalue weighted by Gasteiger charge is -2.30. The van der Waals surface area contributed by atoms with Crippen molar-refractivity contribution in [1.82, 2.24) is 10.2 Å². The number of hydrogen-bond donors (Lipinski definition) is 1. The van der Waals surface area contributed by atoms with Gasteiger partial charge in [-0.1, -0.05) is 68.4 Å². The van der Waals surface area contributed by atoms with E-state index < -0.39 is 6.04 Å². The Hall–Kier alpha value is -2.62. The molecule has 2 amide bonds. The molecule has 4 heteroatoms. The lowest BCUT2D eigenvalue weighted by molar-refractivity contribution is -0.140. The minimum absolute atomic E-state index is 0.0333. The van der Waals surface area contributed by atoms with Crippen LogP contribution in [0.5, 0.6) is 0 Å². The molecule has 0 aliphatic rings. The first-order valence-electron chi connectivity index (χ1n) is 10.2. The van der Waals surface area contributed by atoms with Gasteiger partial charge in [-0.2, -0.15) is 0 Å². The van der Waals surface area contributed by atoms with E-state index in [1.54, 1.807) is 11.9 Å². The van der Waals surface area contributed by atoms with Crippen molar-refractivity contribution in [1.29, 1.82) is 0 Å². The third-order valence-electron chi connectivity index (χ3n) is 5.18. The van der Waals surface area contributed by atoms with E-state index in [9.17, 15) is 9.59 Å². The summed E-state index contributed by atoms with van der Waals surface area (Å²) in [5.74, 6) is -0.0674. The van der Waals surface area contributed by atoms with Gasteiger partial charge < -0.3 is 10.2 Å². The zero-order chi connectivity index (χ0) is 20.4. The molecule has 2 aromatic rings. The first kappa shape index (κ1) is 21.7. The number of amides is 2. The van der Waals surface area contributed by atoms with Crippen molar-refractivity contribution in [3.63, 3.8) is 0 Å². The maximum absolute atomic E-state index is 13.0. The van der Waals surface area contributed by atoms with Gasteiger partial charge in [0.1, 0.15) is 6.04 Å². The number of carbonyl (C=O) groups excluding carboxylic acids is 2. The van der Waals surface area contributed by atoms with E-state index in [0.29, 0.717) is 25.8 Å². The van der Waals surface area contributed by atoms with Crippen molar-refractivity contribution in [2.45, 2.75) is 52.0 Å². The van der Waals surface area contributed by atoms with Crippen LogP contribution in [0.15, 0.2) is 54.6 Å².